The lowest BCUT2D eigenvalue weighted by atomic mass is 9.46. The monoisotopic (exact) mass is 468 g/mol. The molecule has 5 N–H and O–H groups in total. The van der Waals surface area contributed by atoms with E-state index in [1.807, 2.05) is 0 Å². The minimum absolute atomic E-state index is 0.0299. The van der Waals surface area contributed by atoms with Gasteiger partial charge < -0.3 is 15.7 Å². The van der Waals surface area contributed by atoms with Crippen LogP contribution in [0.2, 0.25) is 0 Å². The molecule has 0 aromatic heterocycles. The number of benzene rings is 1. The van der Waals surface area contributed by atoms with E-state index in [0.29, 0.717) is 17.8 Å². The number of carbonyl (C=O) groups excluding carboxylic acids is 1. The first-order valence-electron chi connectivity index (χ1n) is 13.0. The molecule has 8 atom stereocenters. The Morgan fingerprint density at radius 1 is 1.03 bits per heavy atom. The number of anilines is 1. The van der Waals surface area contributed by atoms with Crippen LogP contribution in [0.3, 0.4) is 0 Å². The largest absolute Gasteiger partial charge is 0.393 e. The lowest BCUT2D eigenvalue weighted by molar-refractivity contribution is -0.131. The van der Waals surface area contributed by atoms with Gasteiger partial charge in [-0.25, -0.2) is 15.2 Å². The second-order valence-corrected chi connectivity index (χ2v) is 11.9. The van der Waals surface area contributed by atoms with Crippen molar-refractivity contribution in [2.75, 3.05) is 5.32 Å². The number of fused-ring (bicyclic) bond motifs is 5. The SMILES string of the molecule is C[C@]12CC[C@H]3[C@@H](CCC4=CC5(CC[C@@]43C)NNC(Nc3ccc(F)cc3)NC5=O)[C@@H]1CC[C@@H]2O. The van der Waals surface area contributed by atoms with Crippen molar-refractivity contribution in [3.8, 4) is 0 Å². The van der Waals surface area contributed by atoms with Crippen molar-refractivity contribution >= 4 is 11.6 Å². The fourth-order valence-corrected chi connectivity index (χ4v) is 8.33. The molecule has 3 saturated carbocycles. The molecule has 1 aromatic rings. The molecule has 1 spiro atoms. The molecule has 1 heterocycles. The van der Waals surface area contributed by atoms with Crippen LogP contribution >= 0.6 is 0 Å². The fraction of sp³-hybridized carbons (Fsp3) is 0.667. The Morgan fingerprint density at radius 3 is 2.59 bits per heavy atom. The first-order chi connectivity index (χ1) is 16.2. The summed E-state index contributed by atoms with van der Waals surface area (Å²) < 4.78 is 13.2. The number of rotatable bonds is 2. The van der Waals surface area contributed by atoms with E-state index in [4.69, 9.17) is 0 Å². The van der Waals surface area contributed by atoms with Gasteiger partial charge in [-0.3, -0.25) is 4.79 Å². The highest BCUT2D eigenvalue weighted by Crippen LogP contribution is 2.65. The lowest BCUT2D eigenvalue weighted by Crippen LogP contribution is -2.74. The van der Waals surface area contributed by atoms with E-state index in [9.17, 15) is 14.3 Å². The van der Waals surface area contributed by atoms with Gasteiger partial charge in [0.2, 0.25) is 5.91 Å². The van der Waals surface area contributed by atoms with Crippen LogP contribution in [0.25, 0.3) is 0 Å². The molecule has 4 aliphatic carbocycles. The normalized spacial score (nSPS) is 45.6. The number of amides is 1. The number of hydrazine groups is 1. The predicted molar refractivity (Wildman–Crippen MR) is 129 cm³/mol. The summed E-state index contributed by atoms with van der Waals surface area (Å²) >= 11 is 0. The molecule has 34 heavy (non-hydrogen) atoms. The van der Waals surface area contributed by atoms with Gasteiger partial charge in [-0.05, 0) is 104 Å². The Balaban J connectivity index is 1.19. The lowest BCUT2D eigenvalue weighted by Gasteiger charge is -2.59. The number of hydrogen-bond donors (Lipinski definition) is 5. The summed E-state index contributed by atoms with van der Waals surface area (Å²) in [5.41, 5.74) is 8.19. The van der Waals surface area contributed by atoms with Crippen molar-refractivity contribution in [3.63, 3.8) is 0 Å². The van der Waals surface area contributed by atoms with Crippen LogP contribution in [0.1, 0.15) is 65.2 Å². The van der Waals surface area contributed by atoms with Gasteiger partial charge in [0.1, 0.15) is 11.4 Å². The number of allylic oxidation sites excluding steroid dienone is 1. The molecule has 184 valence electrons. The smallest absolute Gasteiger partial charge is 0.248 e. The van der Waals surface area contributed by atoms with Crippen molar-refractivity contribution in [1.82, 2.24) is 16.2 Å². The fourth-order valence-electron chi connectivity index (χ4n) is 8.33. The summed E-state index contributed by atoms with van der Waals surface area (Å²) in [5.74, 6) is 1.63. The molecule has 0 radical (unpaired) electrons. The third kappa shape index (κ3) is 3.27. The maximum atomic E-state index is 13.3. The van der Waals surface area contributed by atoms with Crippen LogP contribution in [0.15, 0.2) is 35.9 Å². The Kier molecular flexibility index (Phi) is 5.14. The number of carbonyl (C=O) groups is 1. The summed E-state index contributed by atoms with van der Waals surface area (Å²) in [6, 6.07) is 6.09. The Bertz CT molecular complexity index is 1010. The molecule has 7 heteroatoms. The summed E-state index contributed by atoms with van der Waals surface area (Å²) in [6.45, 7) is 4.76. The van der Waals surface area contributed by atoms with Crippen molar-refractivity contribution < 1.29 is 14.3 Å². The van der Waals surface area contributed by atoms with Crippen molar-refractivity contribution in [3.05, 3.63) is 41.7 Å². The molecule has 6 rings (SSSR count). The van der Waals surface area contributed by atoms with Gasteiger partial charge in [-0.2, -0.15) is 0 Å². The molecule has 2 unspecified atom stereocenters. The topological polar surface area (TPSA) is 85.4 Å². The van der Waals surface area contributed by atoms with Crippen LogP contribution in [-0.2, 0) is 4.79 Å². The molecular weight excluding hydrogens is 431 g/mol. The summed E-state index contributed by atoms with van der Waals surface area (Å²) in [7, 11) is 0. The quantitative estimate of drug-likeness (QED) is 0.426. The Hall–Kier alpha value is -1.96. The van der Waals surface area contributed by atoms with Crippen LogP contribution < -0.4 is 21.5 Å². The predicted octanol–water partition coefficient (Wildman–Crippen LogP) is 3.81. The van der Waals surface area contributed by atoms with E-state index in [1.165, 1.54) is 30.5 Å². The number of nitrogens with one attached hydrogen (secondary N) is 4. The first kappa shape index (κ1) is 22.5. The molecule has 4 fully saturated rings. The van der Waals surface area contributed by atoms with Gasteiger partial charge in [0.15, 0.2) is 6.29 Å². The minimum atomic E-state index is -0.741. The average molecular weight is 469 g/mol. The zero-order valence-electron chi connectivity index (χ0n) is 20.2. The third-order valence-corrected chi connectivity index (χ3v) is 10.4. The van der Waals surface area contributed by atoms with Gasteiger partial charge >= 0.3 is 0 Å². The highest BCUT2D eigenvalue weighted by Gasteiger charge is 2.60. The Labute approximate surface area is 201 Å². The summed E-state index contributed by atoms with van der Waals surface area (Å²) in [4.78, 5) is 13.3. The zero-order chi connectivity index (χ0) is 23.7. The molecule has 0 bridgehead atoms. The van der Waals surface area contributed by atoms with Gasteiger partial charge in [0.05, 0.1) is 6.10 Å². The molecule has 1 saturated heterocycles. The van der Waals surface area contributed by atoms with Gasteiger partial charge in [-0.15, -0.1) is 0 Å². The second-order valence-electron chi connectivity index (χ2n) is 11.9. The molecule has 1 aromatic carbocycles. The molecule has 1 aliphatic heterocycles. The van der Waals surface area contributed by atoms with Crippen molar-refractivity contribution in [2.24, 2.45) is 28.6 Å². The first-order valence-corrected chi connectivity index (χ1v) is 13.0. The van der Waals surface area contributed by atoms with E-state index < -0.39 is 11.8 Å². The number of hydrogen-bond acceptors (Lipinski definition) is 5. The Morgan fingerprint density at radius 2 is 1.82 bits per heavy atom. The van der Waals surface area contributed by atoms with Gasteiger partial charge in [0, 0.05) is 5.69 Å². The summed E-state index contributed by atoms with van der Waals surface area (Å²) in [5, 5.41) is 16.9. The van der Waals surface area contributed by atoms with Crippen molar-refractivity contribution in [1.29, 1.82) is 0 Å². The van der Waals surface area contributed by atoms with E-state index >= 15 is 0 Å². The average Bonchev–Trinajstić information content (AvgIpc) is 3.13. The van der Waals surface area contributed by atoms with Crippen LogP contribution in [-0.4, -0.2) is 28.9 Å². The molecule has 6 nitrogen and oxygen atoms in total. The summed E-state index contributed by atoms with van der Waals surface area (Å²) in [6.07, 6.45) is 9.96. The zero-order valence-corrected chi connectivity index (χ0v) is 20.2. The van der Waals surface area contributed by atoms with E-state index in [0.717, 1.165) is 44.2 Å². The minimum Gasteiger partial charge on any atom is -0.393 e. The van der Waals surface area contributed by atoms with Gasteiger partial charge in [0.25, 0.3) is 0 Å². The highest BCUT2D eigenvalue weighted by atomic mass is 19.1. The third-order valence-electron chi connectivity index (χ3n) is 10.4. The van der Waals surface area contributed by atoms with Crippen molar-refractivity contribution in [2.45, 2.75) is 83.1 Å². The highest BCUT2D eigenvalue weighted by molar-refractivity contribution is 5.90. The molecule has 5 aliphatic rings. The second kappa shape index (κ2) is 7.77. The van der Waals surface area contributed by atoms with E-state index in [-0.39, 0.29) is 28.7 Å². The maximum Gasteiger partial charge on any atom is 0.248 e. The standard InChI is InChI=1S/C27H37FN4O2/c1-25-13-14-27(23(34)30-24(31-32-27)29-18-6-4-17(28)5-7-18)15-16(25)3-8-19-20-9-10-22(33)26(20,2)12-11-21(19)25/h4-7,15,19-22,24,29,31-33H,3,8-14H2,1-2H3,(H,30,34)/t19-,20-,21-,22-,24?,25-,26-,27?/m0/s1. The van der Waals surface area contributed by atoms with Crippen LogP contribution in [0.5, 0.6) is 0 Å². The van der Waals surface area contributed by atoms with Crippen LogP contribution in [0.4, 0.5) is 10.1 Å². The van der Waals surface area contributed by atoms with E-state index in [2.05, 4.69) is 41.4 Å². The number of halogens is 1. The number of aliphatic hydroxyl groups excluding tert-OH is 1. The van der Waals surface area contributed by atoms with Gasteiger partial charge in [-0.1, -0.05) is 25.5 Å². The molecular formula is C27H37FN4O2. The molecule has 1 amide bonds. The maximum absolute atomic E-state index is 13.3. The number of aliphatic hydroxyl groups is 1. The van der Waals surface area contributed by atoms with Crippen LogP contribution in [0, 0.1) is 34.4 Å². The van der Waals surface area contributed by atoms with E-state index in [1.54, 1.807) is 12.1 Å².